The van der Waals surface area contributed by atoms with Gasteiger partial charge in [0.1, 0.15) is 12.4 Å². The van der Waals surface area contributed by atoms with Crippen molar-refractivity contribution >= 4 is 12.1 Å². The average Bonchev–Trinajstić information content (AvgIpc) is 2.69. The summed E-state index contributed by atoms with van der Waals surface area (Å²) in [5.41, 5.74) is 6.14. The summed E-state index contributed by atoms with van der Waals surface area (Å²) in [5, 5.41) is 4.03. The fourth-order valence-corrected chi connectivity index (χ4v) is 2.39. The van der Waals surface area contributed by atoms with Crippen LogP contribution in [0.2, 0.25) is 0 Å². The van der Waals surface area contributed by atoms with Gasteiger partial charge in [0.25, 0.3) is 5.91 Å². The van der Waals surface area contributed by atoms with E-state index in [1.807, 2.05) is 67.6 Å². The lowest BCUT2D eigenvalue weighted by Crippen LogP contribution is -2.18. The van der Waals surface area contributed by atoms with Gasteiger partial charge in [-0.05, 0) is 30.2 Å². The van der Waals surface area contributed by atoms with Crippen LogP contribution in [0.5, 0.6) is 5.75 Å². The highest BCUT2D eigenvalue weighted by atomic mass is 16.5. The Morgan fingerprint density at radius 2 is 1.65 bits per heavy atom. The fourth-order valence-electron chi connectivity index (χ4n) is 2.39. The highest BCUT2D eigenvalue weighted by molar-refractivity contribution is 5.97. The lowest BCUT2D eigenvalue weighted by molar-refractivity contribution is 0.0950. The molecule has 0 heterocycles. The molecule has 1 amide bonds. The van der Waals surface area contributed by atoms with Crippen LogP contribution in [-0.2, 0) is 6.61 Å². The van der Waals surface area contributed by atoms with Crippen molar-refractivity contribution in [2.75, 3.05) is 0 Å². The Balaban J connectivity index is 1.64. The molecule has 1 N–H and O–H groups in total. The van der Waals surface area contributed by atoms with Crippen LogP contribution in [0.1, 0.15) is 27.0 Å². The summed E-state index contributed by atoms with van der Waals surface area (Å²) >= 11 is 0. The van der Waals surface area contributed by atoms with Crippen molar-refractivity contribution in [2.24, 2.45) is 5.10 Å². The third-order valence-corrected chi connectivity index (χ3v) is 3.83. The number of carbonyl (C=O) groups is 1. The molecule has 0 aromatic heterocycles. The maximum absolute atomic E-state index is 12.4. The Morgan fingerprint density at radius 1 is 0.962 bits per heavy atom. The third-order valence-electron chi connectivity index (χ3n) is 3.83. The van der Waals surface area contributed by atoms with Crippen molar-refractivity contribution in [3.63, 3.8) is 0 Å². The van der Waals surface area contributed by atoms with E-state index in [2.05, 4.69) is 10.5 Å². The first kappa shape index (κ1) is 17.4. The normalized spacial score (nSPS) is 10.7. The van der Waals surface area contributed by atoms with Gasteiger partial charge in [-0.1, -0.05) is 72.3 Å². The Hall–Kier alpha value is -3.40. The molecule has 130 valence electrons. The van der Waals surface area contributed by atoms with Crippen LogP contribution in [0, 0.1) is 6.92 Å². The smallest absolute Gasteiger partial charge is 0.275 e. The van der Waals surface area contributed by atoms with E-state index in [0.717, 1.165) is 11.1 Å². The number of benzene rings is 3. The van der Waals surface area contributed by atoms with Crippen LogP contribution in [0.4, 0.5) is 0 Å². The summed E-state index contributed by atoms with van der Waals surface area (Å²) in [5.74, 6) is 0.219. The van der Waals surface area contributed by atoms with Crippen molar-refractivity contribution < 1.29 is 9.53 Å². The number of rotatable bonds is 6. The number of nitrogens with zero attached hydrogens (tertiary/aromatic N) is 1. The summed E-state index contributed by atoms with van der Waals surface area (Å²) in [7, 11) is 0. The van der Waals surface area contributed by atoms with Crippen molar-refractivity contribution in [1.29, 1.82) is 0 Å². The van der Waals surface area contributed by atoms with Crippen LogP contribution in [0.25, 0.3) is 0 Å². The molecule has 0 bridgehead atoms. The quantitative estimate of drug-likeness (QED) is 0.534. The van der Waals surface area contributed by atoms with E-state index in [1.54, 1.807) is 24.4 Å². The molecule has 0 saturated heterocycles. The number of amides is 1. The van der Waals surface area contributed by atoms with Gasteiger partial charge in [0, 0.05) is 0 Å². The van der Waals surface area contributed by atoms with E-state index in [0.29, 0.717) is 17.9 Å². The molecule has 0 fully saturated rings. The third kappa shape index (κ3) is 4.80. The van der Waals surface area contributed by atoms with Gasteiger partial charge in [0.2, 0.25) is 0 Å². The van der Waals surface area contributed by atoms with E-state index in [-0.39, 0.29) is 5.91 Å². The molecule has 0 atom stereocenters. The predicted octanol–water partition coefficient (Wildman–Crippen LogP) is 4.34. The van der Waals surface area contributed by atoms with Gasteiger partial charge in [0.15, 0.2) is 0 Å². The Kier molecular flexibility index (Phi) is 5.78. The summed E-state index contributed by atoms with van der Waals surface area (Å²) in [6.45, 7) is 2.42. The molecule has 0 aliphatic rings. The Bertz CT molecular complexity index is 888. The van der Waals surface area contributed by atoms with Gasteiger partial charge < -0.3 is 4.74 Å². The highest BCUT2D eigenvalue weighted by Crippen LogP contribution is 2.19. The van der Waals surface area contributed by atoms with Gasteiger partial charge >= 0.3 is 0 Å². The predicted molar refractivity (Wildman–Crippen MR) is 103 cm³/mol. The summed E-state index contributed by atoms with van der Waals surface area (Å²) in [4.78, 5) is 12.4. The molecular formula is C22H20N2O2. The van der Waals surface area contributed by atoms with Crippen molar-refractivity contribution in [2.45, 2.75) is 13.5 Å². The number of ether oxygens (including phenoxy) is 1. The monoisotopic (exact) mass is 344 g/mol. The zero-order chi connectivity index (χ0) is 18.2. The minimum atomic E-state index is -0.308. The van der Waals surface area contributed by atoms with Crippen molar-refractivity contribution in [3.05, 3.63) is 101 Å². The topological polar surface area (TPSA) is 50.7 Å². The highest BCUT2D eigenvalue weighted by Gasteiger charge is 2.11. The van der Waals surface area contributed by atoms with Gasteiger partial charge in [-0.25, -0.2) is 5.43 Å². The lowest BCUT2D eigenvalue weighted by atomic mass is 10.2. The van der Waals surface area contributed by atoms with Gasteiger partial charge in [-0.2, -0.15) is 5.10 Å². The largest absolute Gasteiger partial charge is 0.488 e. The van der Waals surface area contributed by atoms with Crippen LogP contribution >= 0.6 is 0 Å². The van der Waals surface area contributed by atoms with E-state index < -0.39 is 0 Å². The molecule has 3 aromatic rings. The Morgan fingerprint density at radius 3 is 2.42 bits per heavy atom. The molecule has 3 aromatic carbocycles. The average molecular weight is 344 g/mol. The van der Waals surface area contributed by atoms with E-state index in [9.17, 15) is 4.79 Å². The van der Waals surface area contributed by atoms with Crippen molar-refractivity contribution in [1.82, 2.24) is 5.43 Å². The van der Waals surface area contributed by atoms with Crippen LogP contribution in [0.3, 0.4) is 0 Å². The van der Waals surface area contributed by atoms with E-state index in [4.69, 9.17) is 4.74 Å². The molecule has 0 radical (unpaired) electrons. The first-order valence-electron chi connectivity index (χ1n) is 8.38. The molecule has 0 unspecified atom stereocenters. The summed E-state index contributed by atoms with van der Waals surface area (Å²) in [6.07, 6.45) is 1.62. The number of aryl methyl sites for hydroxylation is 1. The first-order chi connectivity index (χ1) is 12.7. The second-order valence-electron chi connectivity index (χ2n) is 5.88. The SMILES string of the molecule is Cc1ccc(C=NNC(=O)c2ccccc2OCc2ccccc2)cc1. The molecule has 0 saturated carbocycles. The van der Waals surface area contributed by atoms with Crippen LogP contribution < -0.4 is 10.2 Å². The van der Waals surface area contributed by atoms with E-state index >= 15 is 0 Å². The molecular weight excluding hydrogens is 324 g/mol. The van der Waals surface area contributed by atoms with E-state index in [1.165, 1.54) is 5.56 Å². The molecule has 3 rings (SSSR count). The second-order valence-corrected chi connectivity index (χ2v) is 5.88. The molecule has 4 nitrogen and oxygen atoms in total. The molecule has 4 heteroatoms. The molecule has 0 spiro atoms. The zero-order valence-corrected chi connectivity index (χ0v) is 14.6. The van der Waals surface area contributed by atoms with Crippen molar-refractivity contribution in [3.8, 4) is 5.75 Å². The number of nitrogens with one attached hydrogen (secondary N) is 1. The summed E-state index contributed by atoms with van der Waals surface area (Å²) in [6, 6.07) is 24.9. The molecule has 0 aliphatic carbocycles. The standard InChI is InChI=1S/C22H20N2O2/c1-17-11-13-18(14-12-17)15-23-24-22(25)20-9-5-6-10-21(20)26-16-19-7-3-2-4-8-19/h2-15H,16H2,1H3,(H,24,25). The van der Waals surface area contributed by atoms with Gasteiger partial charge in [0.05, 0.1) is 11.8 Å². The number of hydrazone groups is 1. The van der Waals surface area contributed by atoms with Crippen LogP contribution in [0.15, 0.2) is 84.0 Å². The lowest BCUT2D eigenvalue weighted by Gasteiger charge is -2.10. The number of carbonyl (C=O) groups excluding carboxylic acids is 1. The van der Waals surface area contributed by atoms with Gasteiger partial charge in [-0.15, -0.1) is 0 Å². The summed E-state index contributed by atoms with van der Waals surface area (Å²) < 4.78 is 5.81. The zero-order valence-electron chi connectivity index (χ0n) is 14.6. The number of para-hydroxylation sites is 1. The molecule has 0 aliphatic heterocycles. The second kappa shape index (κ2) is 8.62. The number of hydrogen-bond acceptors (Lipinski definition) is 3. The minimum Gasteiger partial charge on any atom is -0.488 e. The first-order valence-corrected chi connectivity index (χ1v) is 8.38. The maximum atomic E-state index is 12.4. The molecule has 26 heavy (non-hydrogen) atoms. The van der Waals surface area contributed by atoms with Gasteiger partial charge in [-0.3, -0.25) is 4.79 Å². The maximum Gasteiger partial charge on any atom is 0.275 e. The Labute approximate surface area is 153 Å². The van der Waals surface area contributed by atoms with Crippen LogP contribution in [-0.4, -0.2) is 12.1 Å². The number of hydrogen-bond donors (Lipinski definition) is 1. The fraction of sp³-hybridized carbons (Fsp3) is 0.0909. The minimum absolute atomic E-state index is 0.308.